The molecule has 0 saturated carbocycles. The third-order valence-corrected chi connectivity index (χ3v) is 18.7. The number of unbranched alkanes of at least 4 members (excludes halogenated alkanes) is 63. The van der Waals surface area contributed by atoms with Crippen molar-refractivity contribution in [3.8, 4) is 0 Å². The normalized spacial score (nSPS) is 12.4. The molecule has 0 aliphatic carbocycles. The van der Waals surface area contributed by atoms with Crippen LogP contribution in [-0.2, 0) is 14.3 Å². The summed E-state index contributed by atoms with van der Waals surface area (Å²) in [6, 6.07) is -0.538. The minimum absolute atomic E-state index is 0.0242. The first-order chi connectivity index (χ1) is 41.0. The number of esters is 1. The molecule has 0 aliphatic heterocycles. The van der Waals surface area contributed by atoms with Gasteiger partial charge in [0.05, 0.1) is 25.4 Å². The van der Waals surface area contributed by atoms with Gasteiger partial charge in [-0.2, -0.15) is 0 Å². The quantitative estimate of drug-likeness (QED) is 0.0417. The largest absolute Gasteiger partial charge is 0.466 e. The van der Waals surface area contributed by atoms with Crippen molar-refractivity contribution in [3.63, 3.8) is 0 Å². The second-order valence-electron chi connectivity index (χ2n) is 27.1. The molecule has 2 atom stereocenters. The maximum atomic E-state index is 12.6. The molecule has 0 aliphatic rings. The second kappa shape index (κ2) is 73.3. The van der Waals surface area contributed by atoms with Crippen molar-refractivity contribution >= 4 is 11.9 Å². The van der Waals surface area contributed by atoms with Gasteiger partial charge in [-0.1, -0.05) is 418 Å². The van der Waals surface area contributed by atoms with E-state index in [4.69, 9.17) is 4.74 Å². The predicted molar refractivity (Wildman–Crippen MR) is 366 cm³/mol. The van der Waals surface area contributed by atoms with Gasteiger partial charge in [0.2, 0.25) is 5.91 Å². The number of aliphatic hydroxyl groups is 2. The zero-order valence-corrected chi connectivity index (χ0v) is 57.0. The third-order valence-electron chi connectivity index (χ3n) is 18.7. The lowest BCUT2D eigenvalue weighted by atomic mass is 10.0. The van der Waals surface area contributed by atoms with E-state index in [-0.39, 0.29) is 18.5 Å². The topological polar surface area (TPSA) is 95.9 Å². The van der Waals surface area contributed by atoms with Crippen molar-refractivity contribution in [1.29, 1.82) is 0 Å². The van der Waals surface area contributed by atoms with Gasteiger partial charge in [-0.3, -0.25) is 9.59 Å². The van der Waals surface area contributed by atoms with E-state index in [1.165, 1.54) is 385 Å². The van der Waals surface area contributed by atoms with Crippen LogP contribution in [0, 0.1) is 0 Å². The van der Waals surface area contributed by atoms with Gasteiger partial charge in [-0.05, 0) is 25.7 Å². The van der Waals surface area contributed by atoms with Crippen LogP contribution >= 0.6 is 0 Å². The van der Waals surface area contributed by atoms with E-state index in [1.807, 2.05) is 0 Å². The number of amides is 1. The third kappa shape index (κ3) is 69.8. The Labute approximate surface area is 521 Å². The molecule has 0 aromatic carbocycles. The Morgan fingerprint density at radius 1 is 0.289 bits per heavy atom. The van der Waals surface area contributed by atoms with Crippen LogP contribution in [0.1, 0.15) is 457 Å². The molecule has 0 saturated heterocycles. The summed E-state index contributed by atoms with van der Waals surface area (Å²) in [6.45, 7) is 5.01. The number of rotatable bonds is 74. The molecule has 2 unspecified atom stereocenters. The first-order valence-corrected chi connectivity index (χ1v) is 38.8. The van der Waals surface area contributed by atoms with Crippen LogP contribution in [-0.4, -0.2) is 47.4 Å². The van der Waals surface area contributed by atoms with Gasteiger partial charge in [-0.15, -0.1) is 0 Å². The Hall–Kier alpha value is -1.14. The molecule has 3 N–H and O–H groups in total. The Balaban J connectivity index is 3.32. The Bertz CT molecular complexity index is 1210. The van der Waals surface area contributed by atoms with E-state index in [0.717, 1.165) is 38.5 Å². The SMILES string of the molecule is CCCCCCCCCCCCCCCCCCCCCCCC(O)C(CO)NC(=O)CCCCCCCCCCCCCCCCCCCCCCCCCCCCCCCCCCOC(=O)CCCCCCCCCCCCCCC. The first-order valence-electron chi connectivity index (χ1n) is 38.8. The molecule has 1 amide bonds. The summed E-state index contributed by atoms with van der Waals surface area (Å²) in [7, 11) is 0. The van der Waals surface area contributed by atoms with E-state index >= 15 is 0 Å². The van der Waals surface area contributed by atoms with Gasteiger partial charge >= 0.3 is 5.97 Å². The van der Waals surface area contributed by atoms with E-state index in [2.05, 4.69) is 19.2 Å². The van der Waals surface area contributed by atoms with E-state index in [0.29, 0.717) is 25.9 Å². The van der Waals surface area contributed by atoms with Crippen LogP contribution in [0.3, 0.4) is 0 Å². The van der Waals surface area contributed by atoms with Gasteiger partial charge < -0.3 is 20.3 Å². The van der Waals surface area contributed by atoms with Crippen LogP contribution in [0.15, 0.2) is 0 Å². The number of carbonyl (C=O) groups excluding carboxylic acids is 2. The molecule has 83 heavy (non-hydrogen) atoms. The molecular weight excluding hydrogens is 1020 g/mol. The van der Waals surface area contributed by atoms with Crippen molar-refractivity contribution in [2.75, 3.05) is 13.2 Å². The summed E-state index contributed by atoms with van der Waals surface area (Å²) in [6.07, 6.45) is 90.5. The standard InChI is InChI=1S/C77H153NO5/c1-3-5-7-9-11-13-15-17-18-19-20-33-36-39-42-46-49-53-57-61-65-69-75(80)74(73-79)78-76(81)70-66-62-58-54-50-47-43-40-37-34-31-29-27-25-23-21-22-24-26-28-30-32-35-38-41-44-48-52-56-60-64-68-72-83-77(82)71-67-63-59-55-51-45-16-14-12-10-8-6-4-2/h74-75,79-80H,3-73H2,1-2H3,(H,78,81). The second-order valence-corrected chi connectivity index (χ2v) is 27.1. The number of hydrogen-bond acceptors (Lipinski definition) is 5. The number of carbonyl (C=O) groups is 2. The average molecular weight is 1170 g/mol. The van der Waals surface area contributed by atoms with Crippen molar-refractivity contribution in [2.45, 2.75) is 469 Å². The average Bonchev–Trinajstić information content (AvgIpc) is 3.49. The maximum absolute atomic E-state index is 12.6. The van der Waals surface area contributed by atoms with Crippen molar-refractivity contribution in [2.24, 2.45) is 0 Å². The van der Waals surface area contributed by atoms with Gasteiger partial charge in [-0.25, -0.2) is 0 Å². The van der Waals surface area contributed by atoms with E-state index < -0.39 is 12.1 Å². The molecule has 6 nitrogen and oxygen atoms in total. The molecule has 0 rings (SSSR count). The molecule has 0 heterocycles. The van der Waals surface area contributed by atoms with Gasteiger partial charge in [0.25, 0.3) is 0 Å². The summed E-state index contributed by atoms with van der Waals surface area (Å²) < 4.78 is 5.50. The zero-order chi connectivity index (χ0) is 59.9. The molecule has 0 spiro atoms. The highest BCUT2D eigenvalue weighted by Crippen LogP contribution is 2.20. The zero-order valence-electron chi connectivity index (χ0n) is 57.0. The molecule has 0 bridgehead atoms. The number of nitrogens with one attached hydrogen (secondary N) is 1. The maximum Gasteiger partial charge on any atom is 0.305 e. The summed E-state index contributed by atoms with van der Waals surface area (Å²) >= 11 is 0. The summed E-state index contributed by atoms with van der Waals surface area (Å²) in [5.74, 6) is -0.000303. The number of aliphatic hydroxyl groups excluding tert-OH is 2. The lowest BCUT2D eigenvalue weighted by Gasteiger charge is -2.22. The van der Waals surface area contributed by atoms with Crippen LogP contribution in [0.5, 0.6) is 0 Å². The van der Waals surface area contributed by atoms with E-state index in [1.54, 1.807) is 0 Å². The Morgan fingerprint density at radius 3 is 0.735 bits per heavy atom. The molecular formula is C77H153NO5. The highest BCUT2D eigenvalue weighted by atomic mass is 16.5. The van der Waals surface area contributed by atoms with Crippen LogP contribution in [0.25, 0.3) is 0 Å². The monoisotopic (exact) mass is 1170 g/mol. The highest BCUT2D eigenvalue weighted by Gasteiger charge is 2.20. The lowest BCUT2D eigenvalue weighted by Crippen LogP contribution is -2.45. The van der Waals surface area contributed by atoms with Crippen LogP contribution < -0.4 is 5.32 Å². The fourth-order valence-corrected chi connectivity index (χ4v) is 12.8. The van der Waals surface area contributed by atoms with Crippen LogP contribution in [0.2, 0.25) is 0 Å². The van der Waals surface area contributed by atoms with Gasteiger partial charge in [0, 0.05) is 12.8 Å². The van der Waals surface area contributed by atoms with E-state index in [9.17, 15) is 19.8 Å². The first kappa shape index (κ1) is 81.9. The van der Waals surface area contributed by atoms with Gasteiger partial charge in [0.1, 0.15) is 0 Å². The van der Waals surface area contributed by atoms with Gasteiger partial charge in [0.15, 0.2) is 0 Å². The number of ether oxygens (including phenoxy) is 1. The molecule has 0 fully saturated rings. The highest BCUT2D eigenvalue weighted by molar-refractivity contribution is 5.76. The van der Waals surface area contributed by atoms with Crippen molar-refractivity contribution in [1.82, 2.24) is 5.32 Å². The summed E-state index contributed by atoms with van der Waals surface area (Å²) in [5, 5.41) is 23.5. The van der Waals surface area contributed by atoms with Crippen molar-refractivity contribution < 1.29 is 24.5 Å². The molecule has 496 valence electrons. The summed E-state index contributed by atoms with van der Waals surface area (Å²) in [5.41, 5.74) is 0. The minimum Gasteiger partial charge on any atom is -0.466 e. The molecule has 0 aromatic rings. The Morgan fingerprint density at radius 2 is 0.494 bits per heavy atom. The summed E-state index contributed by atoms with van der Waals surface area (Å²) in [4.78, 5) is 24.6. The fourth-order valence-electron chi connectivity index (χ4n) is 12.8. The smallest absolute Gasteiger partial charge is 0.305 e. The molecule has 6 heteroatoms. The fraction of sp³-hybridized carbons (Fsp3) is 0.974. The lowest BCUT2D eigenvalue weighted by molar-refractivity contribution is -0.143. The van der Waals surface area contributed by atoms with Crippen LogP contribution in [0.4, 0.5) is 0 Å². The minimum atomic E-state index is -0.661. The Kier molecular flexibility index (Phi) is 72.3. The molecule has 0 radical (unpaired) electrons. The number of hydrogen-bond donors (Lipinski definition) is 3. The van der Waals surface area contributed by atoms with Crippen molar-refractivity contribution in [3.05, 3.63) is 0 Å². The molecule has 0 aromatic heterocycles. The predicted octanol–water partition coefficient (Wildman–Crippen LogP) is 25.3.